The molecule has 138 valence electrons. The van der Waals surface area contributed by atoms with Gasteiger partial charge in [-0.25, -0.2) is 0 Å². The Labute approximate surface area is 146 Å². The Morgan fingerprint density at radius 1 is 1.25 bits per heavy atom. The van der Waals surface area contributed by atoms with Crippen molar-refractivity contribution in [3.8, 4) is 5.75 Å². The van der Waals surface area contributed by atoms with Gasteiger partial charge in [-0.1, -0.05) is 0 Å². The molecular formula is C16H24ClF3N2O2. The van der Waals surface area contributed by atoms with Crippen LogP contribution in [0, 0.1) is 0 Å². The minimum absolute atomic E-state index is 0. The predicted octanol–water partition coefficient (Wildman–Crippen LogP) is 2.85. The van der Waals surface area contributed by atoms with E-state index in [9.17, 15) is 13.2 Å². The standard InChI is InChI=1S/C16H23F3N2O2.ClH/c1-23-14-10-12(9-13(11-14)16(17,18)19)15(3-2-8-22)21-6-4-20-5-7-21;/h9-11,15,20,22H,2-8H2,1H3;1H/t15-;/m0./s1. The van der Waals surface area contributed by atoms with Crippen molar-refractivity contribution in [3.63, 3.8) is 0 Å². The fourth-order valence-corrected chi connectivity index (χ4v) is 2.93. The Morgan fingerprint density at radius 2 is 1.92 bits per heavy atom. The number of aliphatic hydroxyl groups excluding tert-OH is 1. The summed E-state index contributed by atoms with van der Waals surface area (Å²) >= 11 is 0. The monoisotopic (exact) mass is 368 g/mol. The second-order valence-corrected chi connectivity index (χ2v) is 5.66. The van der Waals surface area contributed by atoms with Crippen molar-refractivity contribution in [1.82, 2.24) is 10.2 Å². The maximum atomic E-state index is 13.1. The highest BCUT2D eigenvalue weighted by Gasteiger charge is 2.33. The minimum Gasteiger partial charge on any atom is -0.497 e. The largest absolute Gasteiger partial charge is 0.497 e. The van der Waals surface area contributed by atoms with Gasteiger partial charge in [-0.3, -0.25) is 4.90 Å². The summed E-state index contributed by atoms with van der Waals surface area (Å²) in [5, 5.41) is 12.3. The molecule has 4 nitrogen and oxygen atoms in total. The lowest BCUT2D eigenvalue weighted by Crippen LogP contribution is -2.45. The summed E-state index contributed by atoms with van der Waals surface area (Å²) in [5.41, 5.74) is -0.108. The molecule has 0 spiro atoms. The predicted molar refractivity (Wildman–Crippen MR) is 88.7 cm³/mol. The van der Waals surface area contributed by atoms with Crippen LogP contribution >= 0.6 is 12.4 Å². The van der Waals surface area contributed by atoms with Crippen molar-refractivity contribution < 1.29 is 23.0 Å². The van der Waals surface area contributed by atoms with Crippen LogP contribution in [0.25, 0.3) is 0 Å². The number of methoxy groups -OCH3 is 1. The Morgan fingerprint density at radius 3 is 2.46 bits per heavy atom. The van der Waals surface area contributed by atoms with Crippen LogP contribution in [0.15, 0.2) is 18.2 Å². The fourth-order valence-electron chi connectivity index (χ4n) is 2.93. The third-order valence-corrected chi connectivity index (χ3v) is 4.10. The number of ether oxygens (including phenoxy) is 1. The summed E-state index contributed by atoms with van der Waals surface area (Å²) < 4.78 is 44.4. The van der Waals surface area contributed by atoms with Gasteiger partial charge in [0.15, 0.2) is 0 Å². The van der Waals surface area contributed by atoms with Gasteiger partial charge in [0.1, 0.15) is 5.75 Å². The van der Waals surface area contributed by atoms with E-state index < -0.39 is 11.7 Å². The molecule has 1 fully saturated rings. The number of aliphatic hydroxyl groups is 1. The quantitative estimate of drug-likeness (QED) is 0.810. The SMILES string of the molecule is COc1cc([C@H](CCCO)N2CCNCC2)cc(C(F)(F)F)c1.Cl. The van der Waals surface area contributed by atoms with Crippen LogP contribution in [-0.4, -0.2) is 49.9 Å². The van der Waals surface area contributed by atoms with Crippen LogP contribution in [-0.2, 0) is 6.18 Å². The third-order valence-electron chi connectivity index (χ3n) is 4.10. The van der Waals surface area contributed by atoms with E-state index in [1.165, 1.54) is 13.2 Å². The maximum Gasteiger partial charge on any atom is 0.416 e. The average molecular weight is 369 g/mol. The average Bonchev–Trinajstić information content (AvgIpc) is 2.55. The highest BCUT2D eigenvalue weighted by Crippen LogP contribution is 2.36. The lowest BCUT2D eigenvalue weighted by atomic mass is 9.97. The molecule has 1 atom stereocenters. The number of rotatable bonds is 6. The lowest BCUT2D eigenvalue weighted by Gasteiger charge is -2.35. The summed E-state index contributed by atoms with van der Waals surface area (Å²) in [7, 11) is 1.37. The van der Waals surface area contributed by atoms with E-state index >= 15 is 0 Å². The molecule has 1 saturated heterocycles. The smallest absolute Gasteiger partial charge is 0.416 e. The molecule has 24 heavy (non-hydrogen) atoms. The summed E-state index contributed by atoms with van der Waals surface area (Å²) in [6.07, 6.45) is -3.25. The van der Waals surface area contributed by atoms with Crippen molar-refractivity contribution in [2.45, 2.75) is 25.1 Å². The van der Waals surface area contributed by atoms with E-state index in [4.69, 9.17) is 9.84 Å². The maximum absolute atomic E-state index is 13.1. The molecule has 0 aromatic heterocycles. The van der Waals surface area contributed by atoms with Crippen molar-refractivity contribution in [2.24, 2.45) is 0 Å². The Kier molecular flexibility index (Phi) is 8.29. The van der Waals surface area contributed by atoms with E-state index in [0.29, 0.717) is 18.4 Å². The number of hydrogen-bond acceptors (Lipinski definition) is 4. The molecule has 1 aromatic carbocycles. The number of piperazine rings is 1. The highest BCUT2D eigenvalue weighted by atomic mass is 35.5. The van der Waals surface area contributed by atoms with Crippen molar-refractivity contribution in [1.29, 1.82) is 0 Å². The number of halogens is 4. The number of benzene rings is 1. The Bertz CT molecular complexity index is 509. The molecule has 0 aliphatic carbocycles. The topological polar surface area (TPSA) is 44.7 Å². The second kappa shape index (κ2) is 9.46. The van der Waals surface area contributed by atoms with Crippen LogP contribution < -0.4 is 10.1 Å². The van der Waals surface area contributed by atoms with Crippen LogP contribution in [0.1, 0.15) is 30.0 Å². The second-order valence-electron chi connectivity index (χ2n) is 5.66. The highest BCUT2D eigenvalue weighted by molar-refractivity contribution is 5.85. The zero-order chi connectivity index (χ0) is 16.9. The molecule has 0 amide bonds. The van der Waals surface area contributed by atoms with Crippen molar-refractivity contribution in [2.75, 3.05) is 39.9 Å². The first kappa shape index (κ1) is 21.0. The number of nitrogens with zero attached hydrogens (tertiary/aromatic N) is 1. The molecule has 0 unspecified atom stereocenters. The Balaban J connectivity index is 0.00000288. The summed E-state index contributed by atoms with van der Waals surface area (Å²) in [6, 6.07) is 3.73. The fraction of sp³-hybridized carbons (Fsp3) is 0.625. The van der Waals surface area contributed by atoms with Crippen molar-refractivity contribution in [3.05, 3.63) is 29.3 Å². The molecule has 1 aliphatic rings. The van der Waals surface area contributed by atoms with Gasteiger partial charge in [-0.15, -0.1) is 12.4 Å². The molecule has 2 N–H and O–H groups in total. The molecule has 0 saturated carbocycles. The van der Waals surface area contributed by atoms with Crippen molar-refractivity contribution >= 4 is 12.4 Å². The summed E-state index contributed by atoms with van der Waals surface area (Å²) in [5.74, 6) is 0.207. The third kappa shape index (κ3) is 5.51. The Hall–Kier alpha value is -1.02. The molecule has 0 bridgehead atoms. The van der Waals surface area contributed by atoms with Gasteiger partial charge in [0.05, 0.1) is 12.7 Å². The van der Waals surface area contributed by atoms with E-state index in [-0.39, 0.29) is 30.8 Å². The van der Waals surface area contributed by atoms with Gasteiger partial charge in [-0.05, 0) is 36.6 Å². The zero-order valence-electron chi connectivity index (χ0n) is 13.6. The number of hydrogen-bond donors (Lipinski definition) is 2. The van der Waals surface area contributed by atoms with Gasteiger partial charge in [-0.2, -0.15) is 13.2 Å². The summed E-state index contributed by atoms with van der Waals surface area (Å²) in [6.45, 7) is 3.19. The van der Waals surface area contributed by atoms with Gasteiger partial charge in [0.2, 0.25) is 0 Å². The van der Waals surface area contributed by atoms with E-state index in [0.717, 1.165) is 32.2 Å². The van der Waals surface area contributed by atoms with Crippen LogP contribution in [0.5, 0.6) is 5.75 Å². The van der Waals surface area contributed by atoms with Gasteiger partial charge < -0.3 is 15.2 Å². The molecule has 1 aliphatic heterocycles. The molecule has 2 rings (SSSR count). The van der Waals surface area contributed by atoms with Gasteiger partial charge in [0.25, 0.3) is 0 Å². The normalized spacial score (nSPS) is 17.2. The molecule has 8 heteroatoms. The zero-order valence-corrected chi connectivity index (χ0v) is 14.4. The first-order valence-corrected chi connectivity index (χ1v) is 7.77. The van der Waals surface area contributed by atoms with Gasteiger partial charge >= 0.3 is 6.18 Å². The van der Waals surface area contributed by atoms with E-state index in [1.54, 1.807) is 6.07 Å². The first-order chi connectivity index (χ1) is 11.0. The first-order valence-electron chi connectivity index (χ1n) is 7.77. The molecule has 1 heterocycles. The van der Waals surface area contributed by atoms with E-state index in [1.807, 2.05) is 0 Å². The number of nitrogens with one attached hydrogen (secondary N) is 1. The molecule has 0 radical (unpaired) electrons. The minimum atomic E-state index is -4.41. The van der Waals surface area contributed by atoms with Crippen LogP contribution in [0.4, 0.5) is 13.2 Å². The van der Waals surface area contributed by atoms with Crippen LogP contribution in [0.2, 0.25) is 0 Å². The van der Waals surface area contributed by atoms with E-state index in [2.05, 4.69) is 10.2 Å². The van der Waals surface area contributed by atoms with Crippen LogP contribution in [0.3, 0.4) is 0 Å². The summed E-state index contributed by atoms with van der Waals surface area (Å²) in [4.78, 5) is 2.17. The number of alkyl halides is 3. The molecule has 1 aromatic rings. The van der Waals surface area contributed by atoms with Gasteiger partial charge in [0, 0.05) is 38.8 Å². The lowest BCUT2D eigenvalue weighted by molar-refractivity contribution is -0.137. The molecular weight excluding hydrogens is 345 g/mol.